The Morgan fingerprint density at radius 1 is 1.17 bits per heavy atom. The van der Waals surface area contributed by atoms with Crippen LogP contribution in [0, 0.1) is 16.7 Å². The van der Waals surface area contributed by atoms with Gasteiger partial charge in [-0.05, 0) is 29.7 Å². The van der Waals surface area contributed by atoms with Crippen LogP contribution in [0.4, 0.5) is 0 Å². The van der Waals surface area contributed by atoms with E-state index in [0.29, 0.717) is 12.2 Å². The van der Waals surface area contributed by atoms with Gasteiger partial charge in [-0.1, -0.05) is 32.9 Å². The molecule has 24 heavy (non-hydrogen) atoms. The van der Waals surface area contributed by atoms with Crippen LogP contribution in [0.15, 0.2) is 41.2 Å². The molecule has 2 heterocycles. The van der Waals surface area contributed by atoms with Crippen molar-refractivity contribution in [2.75, 3.05) is 0 Å². The Labute approximate surface area is 140 Å². The number of hydrogen-bond acceptors (Lipinski definition) is 3. The van der Waals surface area contributed by atoms with Gasteiger partial charge in [-0.15, -0.1) is 0 Å². The maximum atomic E-state index is 12.6. The summed E-state index contributed by atoms with van der Waals surface area (Å²) in [6, 6.07) is 13.3. The summed E-state index contributed by atoms with van der Waals surface area (Å²) in [5, 5.41) is 9.01. The molecule has 3 rings (SSSR count). The maximum absolute atomic E-state index is 12.6. The van der Waals surface area contributed by atoms with Crippen LogP contribution < -0.4 is 5.69 Å². The molecule has 0 saturated heterocycles. The molecule has 0 N–H and O–H groups in total. The standard InChI is InChI=1S/C19H20N4O/c1-19(2,3)12-23-16-9-8-13(10-17(16)22(4)18(23)24)15-7-5-6-14(11-20)21-15/h5-10H,12H2,1-4H3. The summed E-state index contributed by atoms with van der Waals surface area (Å²) < 4.78 is 3.48. The molecule has 0 aliphatic carbocycles. The predicted octanol–water partition coefficient (Wildman–Crippen LogP) is 3.32. The fourth-order valence-electron chi connectivity index (χ4n) is 2.85. The molecule has 5 heteroatoms. The van der Waals surface area contributed by atoms with Crippen molar-refractivity contribution in [2.24, 2.45) is 12.5 Å². The minimum absolute atomic E-state index is 0.0134. The second-order valence-corrected chi connectivity index (χ2v) is 7.21. The van der Waals surface area contributed by atoms with Gasteiger partial charge in [0.1, 0.15) is 11.8 Å². The summed E-state index contributed by atoms with van der Waals surface area (Å²) in [6.07, 6.45) is 0. The molecule has 0 spiro atoms. The van der Waals surface area contributed by atoms with Crippen molar-refractivity contribution >= 4 is 11.0 Å². The molecule has 0 fully saturated rings. The number of aryl methyl sites for hydroxylation is 1. The van der Waals surface area contributed by atoms with Crippen LogP contribution in [0.25, 0.3) is 22.3 Å². The first-order valence-electron chi connectivity index (χ1n) is 7.87. The fraction of sp³-hybridized carbons (Fsp3) is 0.316. The van der Waals surface area contributed by atoms with Crippen LogP contribution in [-0.4, -0.2) is 14.1 Å². The molecule has 0 radical (unpaired) electrons. The number of hydrogen-bond donors (Lipinski definition) is 0. The summed E-state index contributed by atoms with van der Waals surface area (Å²) in [5.41, 5.74) is 3.78. The molecule has 2 aromatic heterocycles. The van der Waals surface area contributed by atoms with Crippen molar-refractivity contribution in [3.8, 4) is 17.3 Å². The molecule has 1 aromatic carbocycles. The van der Waals surface area contributed by atoms with E-state index in [1.807, 2.05) is 34.9 Å². The van der Waals surface area contributed by atoms with E-state index in [-0.39, 0.29) is 11.1 Å². The molecular weight excluding hydrogens is 300 g/mol. The van der Waals surface area contributed by atoms with Crippen LogP contribution in [0.5, 0.6) is 0 Å². The van der Waals surface area contributed by atoms with Crippen molar-refractivity contribution in [1.29, 1.82) is 5.26 Å². The number of nitriles is 1. The van der Waals surface area contributed by atoms with Crippen LogP contribution in [0.2, 0.25) is 0 Å². The highest BCUT2D eigenvalue weighted by Gasteiger charge is 2.18. The number of rotatable bonds is 2. The molecule has 0 saturated carbocycles. The zero-order chi connectivity index (χ0) is 17.5. The number of pyridine rings is 1. The number of benzene rings is 1. The van der Waals surface area contributed by atoms with E-state index in [0.717, 1.165) is 22.3 Å². The highest BCUT2D eigenvalue weighted by Crippen LogP contribution is 2.25. The van der Waals surface area contributed by atoms with Gasteiger partial charge in [0.15, 0.2) is 0 Å². The van der Waals surface area contributed by atoms with E-state index in [1.165, 1.54) is 0 Å². The lowest BCUT2D eigenvalue weighted by Crippen LogP contribution is -2.27. The number of nitrogens with zero attached hydrogens (tertiary/aromatic N) is 4. The van der Waals surface area contributed by atoms with E-state index in [1.54, 1.807) is 17.7 Å². The van der Waals surface area contributed by atoms with Gasteiger partial charge in [-0.2, -0.15) is 5.26 Å². The van der Waals surface area contributed by atoms with Gasteiger partial charge in [0.25, 0.3) is 0 Å². The zero-order valence-corrected chi connectivity index (χ0v) is 14.4. The van der Waals surface area contributed by atoms with E-state index >= 15 is 0 Å². The minimum Gasteiger partial charge on any atom is -0.295 e. The van der Waals surface area contributed by atoms with Gasteiger partial charge < -0.3 is 0 Å². The molecule has 0 bridgehead atoms. The number of imidazole rings is 1. The lowest BCUT2D eigenvalue weighted by molar-refractivity contribution is 0.342. The first-order chi connectivity index (χ1) is 11.3. The molecule has 3 aromatic rings. The second kappa shape index (κ2) is 5.64. The predicted molar refractivity (Wildman–Crippen MR) is 94.6 cm³/mol. The van der Waals surface area contributed by atoms with Crippen LogP contribution in [-0.2, 0) is 13.6 Å². The Morgan fingerprint density at radius 3 is 2.58 bits per heavy atom. The van der Waals surface area contributed by atoms with Gasteiger partial charge in [0.05, 0.1) is 16.7 Å². The largest absolute Gasteiger partial charge is 0.328 e. The highest BCUT2D eigenvalue weighted by molar-refractivity contribution is 5.82. The van der Waals surface area contributed by atoms with Crippen molar-refractivity contribution in [3.05, 3.63) is 52.6 Å². The average Bonchev–Trinajstić information content (AvgIpc) is 2.78. The third kappa shape index (κ3) is 2.83. The molecule has 0 amide bonds. The summed E-state index contributed by atoms with van der Waals surface area (Å²) in [6.45, 7) is 7.00. The van der Waals surface area contributed by atoms with Crippen molar-refractivity contribution in [1.82, 2.24) is 14.1 Å². The van der Waals surface area contributed by atoms with Gasteiger partial charge in [-0.3, -0.25) is 9.13 Å². The number of fused-ring (bicyclic) bond motifs is 1. The molecule has 5 nitrogen and oxygen atoms in total. The minimum atomic E-state index is -0.0178. The van der Waals surface area contributed by atoms with Crippen LogP contribution in [0.3, 0.4) is 0 Å². The third-order valence-electron chi connectivity index (χ3n) is 3.94. The smallest absolute Gasteiger partial charge is 0.295 e. The van der Waals surface area contributed by atoms with Crippen LogP contribution in [0.1, 0.15) is 26.5 Å². The van der Waals surface area contributed by atoms with Crippen molar-refractivity contribution < 1.29 is 0 Å². The summed E-state index contributed by atoms with van der Waals surface area (Å²) in [4.78, 5) is 16.9. The van der Waals surface area contributed by atoms with Crippen molar-refractivity contribution in [3.63, 3.8) is 0 Å². The zero-order valence-electron chi connectivity index (χ0n) is 14.4. The van der Waals surface area contributed by atoms with E-state index in [9.17, 15) is 4.79 Å². The summed E-state index contributed by atoms with van der Waals surface area (Å²) in [5.74, 6) is 0. The van der Waals surface area contributed by atoms with Gasteiger partial charge in [0.2, 0.25) is 0 Å². The second-order valence-electron chi connectivity index (χ2n) is 7.21. The quantitative estimate of drug-likeness (QED) is 0.727. The fourth-order valence-corrected chi connectivity index (χ4v) is 2.85. The molecule has 0 unspecified atom stereocenters. The first-order valence-corrected chi connectivity index (χ1v) is 7.87. The molecule has 0 aliphatic heterocycles. The Balaban J connectivity index is 2.18. The highest BCUT2D eigenvalue weighted by atomic mass is 16.1. The first kappa shape index (κ1) is 16.0. The van der Waals surface area contributed by atoms with Crippen molar-refractivity contribution in [2.45, 2.75) is 27.3 Å². The lowest BCUT2D eigenvalue weighted by atomic mass is 9.97. The molecular formula is C19H20N4O. The SMILES string of the molecule is Cn1c(=O)n(CC(C)(C)C)c2ccc(-c3cccc(C#N)n3)cc21. The van der Waals surface area contributed by atoms with Gasteiger partial charge >= 0.3 is 5.69 Å². The Kier molecular flexibility index (Phi) is 3.76. The van der Waals surface area contributed by atoms with Gasteiger partial charge in [-0.25, -0.2) is 9.78 Å². The summed E-state index contributed by atoms with van der Waals surface area (Å²) in [7, 11) is 1.78. The number of aromatic nitrogens is 3. The van der Waals surface area contributed by atoms with Gasteiger partial charge in [0, 0.05) is 19.2 Å². The average molecular weight is 320 g/mol. The maximum Gasteiger partial charge on any atom is 0.328 e. The third-order valence-corrected chi connectivity index (χ3v) is 3.94. The molecule has 122 valence electrons. The Morgan fingerprint density at radius 2 is 1.92 bits per heavy atom. The Hall–Kier alpha value is -2.87. The topological polar surface area (TPSA) is 63.6 Å². The molecule has 0 aliphatic rings. The monoisotopic (exact) mass is 320 g/mol. The lowest BCUT2D eigenvalue weighted by Gasteiger charge is -2.18. The van der Waals surface area contributed by atoms with Crippen LogP contribution >= 0.6 is 0 Å². The molecule has 0 atom stereocenters. The normalized spacial score (nSPS) is 11.6. The van der Waals surface area contributed by atoms with E-state index < -0.39 is 0 Å². The Bertz CT molecular complexity index is 1010. The van der Waals surface area contributed by atoms with E-state index in [2.05, 4.69) is 31.8 Å². The summed E-state index contributed by atoms with van der Waals surface area (Å²) >= 11 is 0. The van der Waals surface area contributed by atoms with E-state index in [4.69, 9.17) is 5.26 Å².